The molecule has 0 amide bonds. The highest BCUT2D eigenvalue weighted by Crippen LogP contribution is 2.70. The van der Waals surface area contributed by atoms with Crippen LogP contribution in [0.5, 0.6) is 0 Å². The number of nitrogens with one attached hydrogen (secondary N) is 1. The van der Waals surface area contributed by atoms with Crippen LogP contribution in [0.4, 0.5) is 0 Å². The predicted octanol–water partition coefficient (Wildman–Crippen LogP) is 5.31. The quantitative estimate of drug-likeness (QED) is 0.638. The summed E-state index contributed by atoms with van der Waals surface area (Å²) in [5, 5.41) is 12.0. The molecule has 4 nitrogen and oxygen atoms in total. The largest absolute Gasteiger partial charge is 0.388 e. The third kappa shape index (κ3) is 2.33. The summed E-state index contributed by atoms with van der Waals surface area (Å²) in [5.41, 5.74) is 2.78. The summed E-state index contributed by atoms with van der Waals surface area (Å²) in [7, 11) is 0. The van der Waals surface area contributed by atoms with Crippen LogP contribution >= 0.6 is 0 Å². The number of hydrogen-bond donors (Lipinski definition) is 2. The van der Waals surface area contributed by atoms with E-state index < -0.39 is 17.1 Å². The third-order valence-electron chi connectivity index (χ3n) is 10.8. The Kier molecular flexibility index (Phi) is 4.10. The van der Waals surface area contributed by atoms with E-state index in [2.05, 4.69) is 50.0 Å². The second-order valence-electron chi connectivity index (χ2n) is 12.4. The summed E-state index contributed by atoms with van der Waals surface area (Å²) in [4.78, 5) is 17.6. The van der Waals surface area contributed by atoms with Crippen molar-refractivity contribution in [1.29, 1.82) is 0 Å². The first-order valence-electron chi connectivity index (χ1n) is 12.5. The van der Waals surface area contributed by atoms with E-state index in [4.69, 9.17) is 4.74 Å². The van der Waals surface area contributed by atoms with Gasteiger partial charge in [-0.1, -0.05) is 32.0 Å². The summed E-state index contributed by atoms with van der Waals surface area (Å²) in [6, 6.07) is 8.72. The SMILES string of the molecule is CC(C)(O)[C@@H]1CC(=O)[C@]2(C)[C@H](CC[C@@]3(C)[C@H]2CC[C@H]2Cc4c([nH]c5ccccc45)[C@@]23C)O1. The monoisotopic (exact) mass is 435 g/mol. The molecular weight excluding hydrogens is 398 g/mol. The molecule has 2 saturated carbocycles. The molecule has 3 fully saturated rings. The molecule has 3 aliphatic carbocycles. The number of ketones is 1. The van der Waals surface area contributed by atoms with Gasteiger partial charge >= 0.3 is 0 Å². The number of aliphatic hydroxyl groups is 1. The average Bonchev–Trinajstić information content (AvgIpc) is 3.23. The zero-order valence-electron chi connectivity index (χ0n) is 20.1. The first-order chi connectivity index (χ1) is 15.0. The van der Waals surface area contributed by atoms with Crippen molar-refractivity contribution in [2.24, 2.45) is 22.7 Å². The average molecular weight is 436 g/mol. The summed E-state index contributed by atoms with van der Waals surface area (Å²) in [6.07, 6.45) is 5.17. The molecule has 1 saturated heterocycles. The Labute approximate surface area is 191 Å². The van der Waals surface area contributed by atoms with Crippen LogP contribution in [0.3, 0.4) is 0 Å². The lowest BCUT2D eigenvalue weighted by Gasteiger charge is -2.66. The number of aromatic amines is 1. The number of H-pyrrole nitrogens is 1. The molecule has 1 aliphatic heterocycles. The number of Topliss-reactive ketones (excluding diaryl/α,β-unsaturated/α-hetero) is 1. The Bertz CT molecular complexity index is 1110. The lowest BCUT2D eigenvalue weighted by atomic mass is 9.39. The van der Waals surface area contributed by atoms with E-state index in [0.717, 1.165) is 32.1 Å². The maximum Gasteiger partial charge on any atom is 0.144 e. The molecule has 4 heteroatoms. The van der Waals surface area contributed by atoms with E-state index in [1.54, 1.807) is 13.8 Å². The minimum Gasteiger partial charge on any atom is -0.388 e. The molecule has 1 aromatic carbocycles. The first kappa shape index (κ1) is 20.9. The van der Waals surface area contributed by atoms with E-state index in [1.807, 2.05) is 0 Å². The molecule has 32 heavy (non-hydrogen) atoms. The lowest BCUT2D eigenvalue weighted by molar-refractivity contribution is -0.234. The lowest BCUT2D eigenvalue weighted by Crippen LogP contribution is -2.67. The van der Waals surface area contributed by atoms with Gasteiger partial charge < -0.3 is 14.8 Å². The molecule has 2 aromatic rings. The van der Waals surface area contributed by atoms with Gasteiger partial charge in [-0.15, -0.1) is 0 Å². The Hall–Kier alpha value is -1.65. The topological polar surface area (TPSA) is 62.3 Å². The van der Waals surface area contributed by atoms with Gasteiger partial charge in [0.25, 0.3) is 0 Å². The highest BCUT2D eigenvalue weighted by atomic mass is 16.5. The molecule has 6 rings (SSSR count). The van der Waals surface area contributed by atoms with Gasteiger partial charge in [-0.05, 0) is 81.8 Å². The summed E-state index contributed by atoms with van der Waals surface area (Å²) < 4.78 is 6.51. The van der Waals surface area contributed by atoms with E-state index in [0.29, 0.717) is 24.0 Å². The van der Waals surface area contributed by atoms with Crippen LogP contribution < -0.4 is 0 Å². The van der Waals surface area contributed by atoms with Crippen molar-refractivity contribution in [1.82, 2.24) is 4.98 Å². The Morgan fingerprint density at radius 3 is 2.59 bits per heavy atom. The summed E-state index contributed by atoms with van der Waals surface area (Å²) >= 11 is 0. The van der Waals surface area contributed by atoms with Crippen LogP contribution in [0.25, 0.3) is 10.9 Å². The standard InChI is InChI=1S/C28H37NO3/c1-25(2,31)23-15-21(30)27(4)20-11-10-16-14-18-17-8-6-7-9-19(17)29-24(18)28(16,5)26(20,3)13-12-22(27)32-23/h6-9,16,20,22-23,29,31H,10-15H2,1-5H3/t16-,20+,22-,23-,26-,27+,28+/m0/s1. The number of aromatic nitrogens is 1. The number of rotatable bonds is 1. The third-order valence-corrected chi connectivity index (χ3v) is 10.8. The van der Waals surface area contributed by atoms with E-state index in [-0.39, 0.29) is 16.9 Å². The van der Waals surface area contributed by atoms with Gasteiger partial charge in [-0.3, -0.25) is 4.79 Å². The fourth-order valence-electron chi connectivity index (χ4n) is 8.69. The Morgan fingerprint density at radius 2 is 1.84 bits per heavy atom. The molecule has 2 heterocycles. The number of hydrogen-bond acceptors (Lipinski definition) is 3. The van der Waals surface area contributed by atoms with Crippen LogP contribution in [0.15, 0.2) is 24.3 Å². The van der Waals surface area contributed by atoms with Crippen molar-refractivity contribution in [3.8, 4) is 0 Å². The molecular formula is C28H37NO3. The number of ether oxygens (including phenoxy) is 1. The van der Waals surface area contributed by atoms with Crippen molar-refractivity contribution < 1.29 is 14.6 Å². The molecule has 0 unspecified atom stereocenters. The molecule has 0 radical (unpaired) electrons. The molecule has 0 spiro atoms. The van der Waals surface area contributed by atoms with E-state index in [9.17, 15) is 9.90 Å². The van der Waals surface area contributed by atoms with E-state index >= 15 is 0 Å². The van der Waals surface area contributed by atoms with Crippen molar-refractivity contribution in [2.45, 2.75) is 96.4 Å². The molecule has 2 N–H and O–H groups in total. The molecule has 1 aromatic heterocycles. The molecule has 7 atom stereocenters. The Balaban J connectivity index is 1.45. The Morgan fingerprint density at radius 1 is 1.09 bits per heavy atom. The number of benzene rings is 1. The van der Waals surface area contributed by atoms with Gasteiger partial charge in [0.15, 0.2) is 0 Å². The summed E-state index contributed by atoms with van der Waals surface area (Å²) in [6.45, 7) is 10.7. The van der Waals surface area contributed by atoms with Crippen molar-refractivity contribution >= 4 is 16.7 Å². The zero-order valence-corrected chi connectivity index (χ0v) is 20.1. The normalized spacial score (nSPS) is 43.5. The minimum absolute atomic E-state index is 0.0334. The number of carbonyl (C=O) groups excluding carboxylic acids is 1. The smallest absolute Gasteiger partial charge is 0.144 e. The van der Waals surface area contributed by atoms with Crippen molar-refractivity contribution in [2.75, 3.05) is 0 Å². The zero-order chi connectivity index (χ0) is 22.7. The van der Waals surface area contributed by atoms with Crippen molar-refractivity contribution in [3.05, 3.63) is 35.5 Å². The fraction of sp³-hybridized carbons (Fsp3) is 0.679. The maximum atomic E-state index is 13.8. The van der Waals surface area contributed by atoms with Crippen LogP contribution in [-0.4, -0.2) is 33.7 Å². The predicted molar refractivity (Wildman–Crippen MR) is 126 cm³/mol. The maximum absolute atomic E-state index is 13.8. The van der Waals surface area contributed by atoms with Crippen LogP contribution in [0.2, 0.25) is 0 Å². The van der Waals surface area contributed by atoms with Gasteiger partial charge in [0.2, 0.25) is 0 Å². The minimum atomic E-state index is -0.994. The molecule has 4 aliphatic rings. The number of fused-ring (bicyclic) bond motifs is 9. The van der Waals surface area contributed by atoms with Crippen LogP contribution in [0, 0.1) is 22.7 Å². The van der Waals surface area contributed by atoms with Gasteiger partial charge in [-0.25, -0.2) is 0 Å². The highest BCUT2D eigenvalue weighted by Gasteiger charge is 2.69. The van der Waals surface area contributed by atoms with Crippen molar-refractivity contribution in [3.63, 3.8) is 0 Å². The van der Waals surface area contributed by atoms with Crippen LogP contribution in [-0.2, 0) is 21.4 Å². The van der Waals surface area contributed by atoms with Gasteiger partial charge in [0.05, 0.1) is 23.2 Å². The number of carbonyl (C=O) groups is 1. The summed E-state index contributed by atoms with van der Waals surface area (Å²) in [5.74, 6) is 1.22. The fourth-order valence-corrected chi connectivity index (χ4v) is 8.69. The second-order valence-corrected chi connectivity index (χ2v) is 12.4. The van der Waals surface area contributed by atoms with Gasteiger partial charge in [0, 0.05) is 28.4 Å². The molecule has 172 valence electrons. The second kappa shape index (κ2) is 6.27. The van der Waals surface area contributed by atoms with Crippen LogP contribution in [0.1, 0.15) is 78.0 Å². The van der Waals surface area contributed by atoms with Gasteiger partial charge in [0.1, 0.15) is 5.78 Å². The van der Waals surface area contributed by atoms with Gasteiger partial charge in [-0.2, -0.15) is 0 Å². The highest BCUT2D eigenvalue weighted by molar-refractivity contribution is 5.88. The first-order valence-corrected chi connectivity index (χ1v) is 12.5. The number of para-hydroxylation sites is 1. The van der Waals surface area contributed by atoms with E-state index in [1.165, 1.54) is 22.2 Å². The molecule has 0 bridgehead atoms.